The van der Waals surface area contributed by atoms with E-state index in [1.807, 2.05) is 6.07 Å². The van der Waals surface area contributed by atoms with Crippen LogP contribution in [0.5, 0.6) is 5.75 Å². The van der Waals surface area contributed by atoms with E-state index in [4.69, 9.17) is 4.74 Å². The number of hydrogen-bond acceptors (Lipinski definition) is 1. The molecule has 1 aliphatic heterocycles. The molecule has 1 aromatic carbocycles. The third-order valence-corrected chi connectivity index (χ3v) is 3.42. The van der Waals surface area contributed by atoms with Crippen molar-refractivity contribution in [2.45, 2.75) is 39.7 Å². The van der Waals surface area contributed by atoms with Crippen LogP contribution in [0, 0.1) is 5.41 Å². The minimum atomic E-state index is -0.0588. The molecule has 0 aromatic heterocycles. The topological polar surface area (TPSA) is 9.23 Å². The van der Waals surface area contributed by atoms with Crippen molar-refractivity contribution in [3.8, 4) is 5.75 Å². The quantitative estimate of drug-likeness (QED) is 0.609. The van der Waals surface area contributed by atoms with Gasteiger partial charge in [-0.15, -0.1) is 0 Å². The van der Waals surface area contributed by atoms with Gasteiger partial charge in [-0.2, -0.15) is 0 Å². The van der Waals surface area contributed by atoms with Crippen molar-refractivity contribution < 1.29 is 4.74 Å². The Morgan fingerprint density at radius 3 is 2.43 bits per heavy atom. The lowest BCUT2D eigenvalue weighted by molar-refractivity contribution is 0.00355. The highest BCUT2D eigenvalue weighted by Gasteiger charge is 2.44. The normalized spacial score (nSPS) is 25.7. The maximum Gasteiger partial charge on any atom is 0.123 e. The van der Waals surface area contributed by atoms with Crippen LogP contribution in [0.25, 0.3) is 0 Å². The molecule has 0 fully saturated rings. The molecule has 1 nitrogen and oxygen atoms in total. The van der Waals surface area contributed by atoms with E-state index in [1.165, 1.54) is 5.56 Å². The van der Waals surface area contributed by atoms with Crippen molar-refractivity contribution in [3.63, 3.8) is 0 Å². The lowest BCUT2D eigenvalue weighted by Crippen LogP contribution is -2.44. The van der Waals surface area contributed by atoms with Gasteiger partial charge in [-0.1, -0.05) is 39.0 Å². The maximum absolute atomic E-state index is 6.06. The van der Waals surface area contributed by atoms with Crippen LogP contribution in [0.15, 0.2) is 24.3 Å². The Morgan fingerprint density at radius 2 is 1.86 bits per heavy atom. The van der Waals surface area contributed by atoms with Crippen molar-refractivity contribution >= 4 is 0 Å². The second-order valence-electron chi connectivity index (χ2n) is 5.37. The summed E-state index contributed by atoms with van der Waals surface area (Å²) in [6, 6.07) is 8.34. The molecule has 0 amide bonds. The average molecular weight is 190 g/mol. The fourth-order valence-electron chi connectivity index (χ4n) is 1.81. The van der Waals surface area contributed by atoms with E-state index in [-0.39, 0.29) is 11.0 Å². The molecule has 0 radical (unpaired) electrons. The number of para-hydroxylation sites is 1. The zero-order valence-corrected chi connectivity index (χ0v) is 9.42. The molecule has 0 saturated heterocycles. The highest BCUT2D eigenvalue weighted by molar-refractivity contribution is 5.39. The third kappa shape index (κ3) is 1.31. The maximum atomic E-state index is 6.06. The van der Waals surface area contributed by atoms with Gasteiger partial charge < -0.3 is 4.74 Å². The van der Waals surface area contributed by atoms with Gasteiger partial charge in [0.2, 0.25) is 0 Å². The molecule has 1 aromatic rings. The second-order valence-corrected chi connectivity index (χ2v) is 5.37. The van der Waals surface area contributed by atoms with Crippen LogP contribution in [0.4, 0.5) is 0 Å². The summed E-state index contributed by atoms with van der Waals surface area (Å²) in [7, 11) is 0. The summed E-state index contributed by atoms with van der Waals surface area (Å²) in [6.07, 6.45) is 1.02. The smallest absolute Gasteiger partial charge is 0.123 e. The molecule has 1 aliphatic rings. The van der Waals surface area contributed by atoms with Crippen LogP contribution < -0.4 is 4.74 Å². The van der Waals surface area contributed by atoms with Crippen molar-refractivity contribution in [1.82, 2.24) is 0 Å². The van der Waals surface area contributed by atoms with E-state index < -0.39 is 0 Å². The number of rotatable bonds is 0. The molecule has 2 rings (SSSR count). The van der Waals surface area contributed by atoms with Gasteiger partial charge in [0, 0.05) is 11.8 Å². The molecule has 1 atom stereocenters. The van der Waals surface area contributed by atoms with Gasteiger partial charge in [0.05, 0.1) is 0 Å². The van der Waals surface area contributed by atoms with Gasteiger partial charge in [0.25, 0.3) is 0 Å². The van der Waals surface area contributed by atoms with E-state index in [1.54, 1.807) is 0 Å². The zero-order valence-electron chi connectivity index (χ0n) is 9.42. The molecule has 14 heavy (non-hydrogen) atoms. The Bertz CT molecular complexity index is 321. The first-order valence-electron chi connectivity index (χ1n) is 5.19. The molecule has 0 spiro atoms. The fraction of sp³-hybridized carbons (Fsp3) is 0.538. The Morgan fingerprint density at radius 1 is 1.21 bits per heavy atom. The zero-order chi connectivity index (χ0) is 10.4. The lowest BCUT2D eigenvalue weighted by Gasteiger charge is -2.37. The van der Waals surface area contributed by atoms with Gasteiger partial charge in [0.1, 0.15) is 11.4 Å². The first-order valence-corrected chi connectivity index (χ1v) is 5.19. The van der Waals surface area contributed by atoms with Gasteiger partial charge >= 0.3 is 0 Å². The lowest BCUT2D eigenvalue weighted by atomic mass is 9.75. The van der Waals surface area contributed by atoms with Crippen molar-refractivity contribution in [2.75, 3.05) is 0 Å². The fourth-order valence-corrected chi connectivity index (χ4v) is 1.81. The first-order chi connectivity index (χ1) is 6.42. The predicted molar refractivity (Wildman–Crippen MR) is 58.6 cm³/mol. The summed E-state index contributed by atoms with van der Waals surface area (Å²) in [5, 5.41) is 0. The van der Waals surface area contributed by atoms with E-state index >= 15 is 0 Å². The molecule has 0 N–H and O–H groups in total. The van der Waals surface area contributed by atoms with Crippen LogP contribution in [0.2, 0.25) is 0 Å². The van der Waals surface area contributed by atoms with E-state index in [2.05, 4.69) is 45.9 Å². The largest absolute Gasteiger partial charge is 0.486 e. The molecule has 0 bridgehead atoms. The highest BCUT2D eigenvalue weighted by atomic mass is 16.5. The minimum absolute atomic E-state index is 0.0588. The summed E-state index contributed by atoms with van der Waals surface area (Å²) in [4.78, 5) is 0. The van der Waals surface area contributed by atoms with Crippen molar-refractivity contribution in [2.24, 2.45) is 5.41 Å². The standard InChI is InChI=1S/C13H18O/c1-12(2,3)13(4)9-10-7-5-6-8-11(10)14-13/h5-8H,9H2,1-4H3. The van der Waals surface area contributed by atoms with Crippen LogP contribution in [-0.4, -0.2) is 5.60 Å². The number of ether oxygens (including phenoxy) is 1. The average Bonchev–Trinajstić information content (AvgIpc) is 2.40. The first kappa shape index (κ1) is 9.57. The Balaban J connectivity index is 2.35. The molecule has 1 unspecified atom stereocenters. The Kier molecular flexibility index (Phi) is 1.88. The molecule has 0 saturated carbocycles. The van der Waals surface area contributed by atoms with Crippen LogP contribution in [0.1, 0.15) is 33.3 Å². The van der Waals surface area contributed by atoms with E-state index in [0.717, 1.165) is 12.2 Å². The summed E-state index contributed by atoms with van der Waals surface area (Å²) in [5.41, 5.74) is 1.45. The van der Waals surface area contributed by atoms with E-state index in [0.29, 0.717) is 0 Å². The monoisotopic (exact) mass is 190 g/mol. The molecular formula is C13H18O. The van der Waals surface area contributed by atoms with Gasteiger partial charge in [-0.05, 0) is 18.6 Å². The van der Waals surface area contributed by atoms with Gasteiger partial charge in [0.15, 0.2) is 0 Å². The van der Waals surface area contributed by atoms with Crippen LogP contribution in [-0.2, 0) is 6.42 Å². The summed E-state index contributed by atoms with van der Waals surface area (Å²) in [6.45, 7) is 8.91. The van der Waals surface area contributed by atoms with Crippen LogP contribution in [0.3, 0.4) is 0 Å². The highest BCUT2D eigenvalue weighted by Crippen LogP contribution is 2.44. The molecule has 0 aliphatic carbocycles. The van der Waals surface area contributed by atoms with Crippen molar-refractivity contribution in [3.05, 3.63) is 29.8 Å². The summed E-state index contributed by atoms with van der Waals surface area (Å²) < 4.78 is 6.06. The molecular weight excluding hydrogens is 172 g/mol. The number of fused-ring (bicyclic) bond motifs is 1. The number of hydrogen-bond donors (Lipinski definition) is 0. The SMILES string of the molecule is CC(C)(C)C1(C)Cc2ccccc2O1. The summed E-state index contributed by atoms with van der Waals surface area (Å²) in [5.74, 6) is 1.06. The van der Waals surface area contributed by atoms with Crippen LogP contribution >= 0.6 is 0 Å². The predicted octanol–water partition coefficient (Wildman–Crippen LogP) is 3.43. The molecule has 76 valence electrons. The Hall–Kier alpha value is -0.980. The van der Waals surface area contributed by atoms with Gasteiger partial charge in [-0.25, -0.2) is 0 Å². The number of benzene rings is 1. The Labute approximate surface area is 86.1 Å². The second kappa shape index (κ2) is 2.75. The third-order valence-electron chi connectivity index (χ3n) is 3.42. The van der Waals surface area contributed by atoms with Gasteiger partial charge in [-0.3, -0.25) is 0 Å². The molecule has 1 heterocycles. The minimum Gasteiger partial charge on any atom is -0.486 e. The van der Waals surface area contributed by atoms with Crippen molar-refractivity contribution in [1.29, 1.82) is 0 Å². The molecule has 1 heteroatoms. The summed E-state index contributed by atoms with van der Waals surface area (Å²) >= 11 is 0. The van der Waals surface area contributed by atoms with E-state index in [9.17, 15) is 0 Å².